The number of carbonyl (C=O) groups excluding carboxylic acids is 1. The summed E-state index contributed by atoms with van der Waals surface area (Å²) in [7, 11) is 0. The van der Waals surface area contributed by atoms with Crippen molar-refractivity contribution in [1.29, 1.82) is 0 Å². The van der Waals surface area contributed by atoms with Crippen molar-refractivity contribution in [3.63, 3.8) is 0 Å². The predicted molar refractivity (Wildman–Crippen MR) is 72.2 cm³/mol. The van der Waals surface area contributed by atoms with Crippen molar-refractivity contribution in [3.8, 4) is 5.75 Å². The highest BCUT2D eigenvalue weighted by Gasteiger charge is 2.13. The third-order valence-corrected chi connectivity index (χ3v) is 2.94. The lowest BCUT2D eigenvalue weighted by atomic mass is 10.1. The number of hydrogen-bond donors (Lipinski definition) is 2. The largest absolute Gasteiger partial charge is 0.506 e. The van der Waals surface area contributed by atoms with E-state index in [1.807, 2.05) is 0 Å². The molecule has 3 nitrogen and oxygen atoms in total. The number of aromatic hydroxyl groups is 1. The Balaban J connectivity index is 2.26. The van der Waals surface area contributed by atoms with Crippen molar-refractivity contribution in [2.45, 2.75) is 6.92 Å². The minimum atomic E-state index is -0.567. The lowest BCUT2D eigenvalue weighted by molar-refractivity contribution is 0.102. The molecule has 0 aromatic heterocycles. The van der Waals surface area contributed by atoms with Crippen LogP contribution in [0.1, 0.15) is 15.9 Å². The highest BCUT2D eigenvalue weighted by atomic mass is 35.5. The SMILES string of the molecule is Cc1cccc(C(=O)Nc2ccc(O)c(Cl)c2)c1F. The molecule has 0 heterocycles. The summed E-state index contributed by atoms with van der Waals surface area (Å²) in [5.41, 5.74) is 0.745. The molecule has 0 aliphatic carbocycles. The van der Waals surface area contributed by atoms with Gasteiger partial charge in [0.05, 0.1) is 10.6 Å². The van der Waals surface area contributed by atoms with E-state index in [2.05, 4.69) is 5.32 Å². The van der Waals surface area contributed by atoms with Crippen molar-refractivity contribution < 1.29 is 14.3 Å². The Morgan fingerprint density at radius 2 is 2.05 bits per heavy atom. The second kappa shape index (κ2) is 5.28. The summed E-state index contributed by atoms with van der Waals surface area (Å²) in [6.07, 6.45) is 0. The van der Waals surface area contributed by atoms with E-state index in [1.54, 1.807) is 19.1 Å². The van der Waals surface area contributed by atoms with Gasteiger partial charge in [-0.2, -0.15) is 0 Å². The van der Waals surface area contributed by atoms with Crippen LogP contribution in [-0.2, 0) is 0 Å². The average Bonchev–Trinajstić information content (AvgIpc) is 2.37. The number of phenolic OH excluding ortho intramolecular Hbond substituents is 1. The normalized spacial score (nSPS) is 10.3. The molecule has 0 unspecified atom stereocenters. The summed E-state index contributed by atoms with van der Waals surface area (Å²) in [5, 5.41) is 11.9. The van der Waals surface area contributed by atoms with E-state index in [4.69, 9.17) is 11.6 Å². The van der Waals surface area contributed by atoms with Gasteiger partial charge in [0.2, 0.25) is 0 Å². The highest BCUT2D eigenvalue weighted by Crippen LogP contribution is 2.26. The highest BCUT2D eigenvalue weighted by molar-refractivity contribution is 6.32. The summed E-state index contributed by atoms with van der Waals surface area (Å²) in [6, 6.07) is 8.82. The molecule has 0 bridgehead atoms. The summed E-state index contributed by atoms with van der Waals surface area (Å²) in [4.78, 5) is 11.9. The van der Waals surface area contributed by atoms with Gasteiger partial charge in [0.1, 0.15) is 11.6 Å². The Morgan fingerprint density at radius 1 is 1.32 bits per heavy atom. The van der Waals surface area contributed by atoms with Crippen molar-refractivity contribution in [1.82, 2.24) is 0 Å². The van der Waals surface area contributed by atoms with Gasteiger partial charge in [-0.25, -0.2) is 4.39 Å². The van der Waals surface area contributed by atoms with Gasteiger partial charge in [-0.05, 0) is 36.8 Å². The van der Waals surface area contributed by atoms with Crippen LogP contribution in [0.4, 0.5) is 10.1 Å². The van der Waals surface area contributed by atoms with Crippen LogP contribution in [0.5, 0.6) is 5.75 Å². The molecule has 2 aromatic carbocycles. The lowest BCUT2D eigenvalue weighted by Crippen LogP contribution is -2.14. The molecular weight excluding hydrogens is 269 g/mol. The van der Waals surface area contributed by atoms with Gasteiger partial charge in [-0.15, -0.1) is 0 Å². The number of benzene rings is 2. The summed E-state index contributed by atoms with van der Waals surface area (Å²) < 4.78 is 13.8. The van der Waals surface area contributed by atoms with Gasteiger partial charge in [-0.1, -0.05) is 23.7 Å². The number of rotatable bonds is 2. The molecule has 0 atom stereocenters. The molecule has 0 radical (unpaired) electrons. The number of aryl methyl sites for hydroxylation is 1. The number of amides is 1. The summed E-state index contributed by atoms with van der Waals surface area (Å²) in [6.45, 7) is 1.59. The average molecular weight is 280 g/mol. The Bertz CT molecular complexity index is 643. The molecule has 0 spiro atoms. The van der Waals surface area contributed by atoms with E-state index in [1.165, 1.54) is 24.3 Å². The van der Waals surface area contributed by atoms with Crippen LogP contribution in [-0.4, -0.2) is 11.0 Å². The maximum atomic E-state index is 13.8. The molecule has 19 heavy (non-hydrogen) atoms. The minimum absolute atomic E-state index is 0.0378. The molecule has 0 aliphatic heterocycles. The van der Waals surface area contributed by atoms with Gasteiger partial charge in [0.15, 0.2) is 0 Å². The second-order valence-electron chi connectivity index (χ2n) is 4.06. The lowest BCUT2D eigenvalue weighted by Gasteiger charge is -2.08. The van der Waals surface area contributed by atoms with Crippen molar-refractivity contribution in [3.05, 3.63) is 58.4 Å². The molecule has 1 amide bonds. The van der Waals surface area contributed by atoms with Gasteiger partial charge in [0, 0.05) is 5.69 Å². The minimum Gasteiger partial charge on any atom is -0.506 e. The van der Waals surface area contributed by atoms with Crippen LogP contribution in [0.2, 0.25) is 5.02 Å². The quantitative estimate of drug-likeness (QED) is 0.823. The van der Waals surface area contributed by atoms with Crippen LogP contribution < -0.4 is 5.32 Å². The fraction of sp³-hybridized carbons (Fsp3) is 0.0714. The smallest absolute Gasteiger partial charge is 0.258 e. The summed E-state index contributed by atoms with van der Waals surface area (Å²) >= 11 is 5.72. The van der Waals surface area contributed by atoms with Crippen molar-refractivity contribution >= 4 is 23.2 Å². The van der Waals surface area contributed by atoms with Crippen LogP contribution >= 0.6 is 11.6 Å². The Hall–Kier alpha value is -2.07. The Labute approximate surface area is 114 Å². The van der Waals surface area contributed by atoms with Gasteiger partial charge < -0.3 is 10.4 Å². The molecule has 2 aromatic rings. The number of carbonyl (C=O) groups is 1. The third-order valence-electron chi connectivity index (χ3n) is 2.64. The topological polar surface area (TPSA) is 49.3 Å². The maximum Gasteiger partial charge on any atom is 0.258 e. The zero-order valence-corrected chi connectivity index (χ0v) is 10.8. The number of phenols is 1. The zero-order valence-electron chi connectivity index (χ0n) is 10.1. The molecule has 0 fully saturated rings. The van der Waals surface area contributed by atoms with Crippen molar-refractivity contribution in [2.75, 3.05) is 5.32 Å². The van der Waals surface area contributed by atoms with E-state index in [-0.39, 0.29) is 16.3 Å². The molecule has 0 saturated heterocycles. The van der Waals surface area contributed by atoms with E-state index < -0.39 is 11.7 Å². The maximum absolute atomic E-state index is 13.8. The fourth-order valence-electron chi connectivity index (χ4n) is 1.61. The Kier molecular flexibility index (Phi) is 3.71. The molecule has 0 saturated carbocycles. The van der Waals surface area contributed by atoms with E-state index in [9.17, 15) is 14.3 Å². The van der Waals surface area contributed by atoms with E-state index in [0.29, 0.717) is 11.3 Å². The first-order valence-corrected chi connectivity index (χ1v) is 5.92. The predicted octanol–water partition coefficient (Wildman–Crippen LogP) is 3.75. The van der Waals surface area contributed by atoms with Crippen LogP contribution in [0.3, 0.4) is 0 Å². The van der Waals surface area contributed by atoms with E-state index in [0.717, 1.165) is 0 Å². The van der Waals surface area contributed by atoms with Gasteiger partial charge >= 0.3 is 0 Å². The molecule has 5 heteroatoms. The molecule has 98 valence electrons. The first kappa shape index (κ1) is 13.4. The van der Waals surface area contributed by atoms with Crippen LogP contribution in [0.15, 0.2) is 36.4 Å². The molecule has 2 N–H and O–H groups in total. The summed E-state index contributed by atoms with van der Waals surface area (Å²) in [5.74, 6) is -1.20. The first-order valence-electron chi connectivity index (χ1n) is 5.54. The van der Waals surface area contributed by atoms with Crippen LogP contribution in [0.25, 0.3) is 0 Å². The number of nitrogens with one attached hydrogen (secondary N) is 1. The third kappa shape index (κ3) is 2.85. The second-order valence-corrected chi connectivity index (χ2v) is 4.46. The monoisotopic (exact) mass is 279 g/mol. The van der Waals surface area contributed by atoms with E-state index >= 15 is 0 Å². The number of anilines is 1. The van der Waals surface area contributed by atoms with Gasteiger partial charge in [0.25, 0.3) is 5.91 Å². The number of hydrogen-bond acceptors (Lipinski definition) is 2. The number of halogens is 2. The van der Waals surface area contributed by atoms with Crippen molar-refractivity contribution in [2.24, 2.45) is 0 Å². The first-order chi connectivity index (χ1) is 8.99. The fourth-order valence-corrected chi connectivity index (χ4v) is 1.79. The Morgan fingerprint density at radius 3 is 2.74 bits per heavy atom. The molecule has 2 rings (SSSR count). The zero-order chi connectivity index (χ0) is 14.0. The standard InChI is InChI=1S/C14H11ClFNO2/c1-8-3-2-4-10(13(8)16)14(19)17-9-5-6-12(18)11(15)7-9/h2-7,18H,1H3,(H,17,19). The van der Waals surface area contributed by atoms with Gasteiger partial charge in [-0.3, -0.25) is 4.79 Å². The molecular formula is C14H11ClFNO2. The molecule has 0 aliphatic rings. The van der Waals surface area contributed by atoms with Crippen LogP contribution in [0, 0.1) is 12.7 Å².